The number of thiophene rings is 1. The van der Waals surface area contributed by atoms with Gasteiger partial charge in [-0.3, -0.25) is 0 Å². The van der Waals surface area contributed by atoms with Gasteiger partial charge in [-0.25, -0.2) is 13.1 Å². The lowest BCUT2D eigenvalue weighted by molar-refractivity contribution is 0.583. The molecule has 0 aliphatic heterocycles. The first kappa shape index (κ1) is 11.1. The van der Waals surface area contributed by atoms with Crippen LogP contribution in [0.15, 0.2) is 6.07 Å². The van der Waals surface area contributed by atoms with Crippen LogP contribution in [0, 0.1) is 0 Å². The van der Waals surface area contributed by atoms with Crippen LogP contribution >= 0.6 is 11.3 Å². The summed E-state index contributed by atoms with van der Waals surface area (Å²) in [4.78, 5) is 2.58. The molecule has 0 atom stereocenters. The lowest BCUT2D eigenvalue weighted by Crippen LogP contribution is -2.24. The standard InChI is InChI=1S/C10H15NO2S2/c1-2-15(12,13)11-7-9-6-8-4-3-5-10(8)14-9/h6,11H,2-5,7H2,1H3. The highest BCUT2D eigenvalue weighted by Gasteiger charge is 2.15. The number of hydrogen-bond donors (Lipinski definition) is 1. The van der Waals surface area contributed by atoms with Crippen LogP contribution in [-0.4, -0.2) is 14.2 Å². The molecule has 1 N–H and O–H groups in total. The van der Waals surface area contributed by atoms with Crippen LogP contribution in [-0.2, 0) is 29.4 Å². The smallest absolute Gasteiger partial charge is 0.211 e. The van der Waals surface area contributed by atoms with E-state index in [1.165, 1.54) is 23.3 Å². The number of hydrogen-bond acceptors (Lipinski definition) is 3. The molecule has 0 saturated carbocycles. The molecule has 1 heterocycles. The average Bonchev–Trinajstić information content (AvgIpc) is 2.74. The zero-order chi connectivity index (χ0) is 10.9. The van der Waals surface area contributed by atoms with Gasteiger partial charge in [0, 0.05) is 16.3 Å². The van der Waals surface area contributed by atoms with Gasteiger partial charge >= 0.3 is 0 Å². The molecule has 5 heteroatoms. The van der Waals surface area contributed by atoms with Gasteiger partial charge in [0.1, 0.15) is 0 Å². The largest absolute Gasteiger partial charge is 0.212 e. The van der Waals surface area contributed by atoms with Gasteiger partial charge in [0.25, 0.3) is 0 Å². The quantitative estimate of drug-likeness (QED) is 0.877. The van der Waals surface area contributed by atoms with Crippen molar-refractivity contribution in [3.8, 4) is 0 Å². The molecule has 0 radical (unpaired) electrons. The Bertz CT molecular complexity index is 426. The van der Waals surface area contributed by atoms with E-state index in [4.69, 9.17) is 0 Å². The molecule has 0 amide bonds. The normalized spacial score (nSPS) is 15.5. The van der Waals surface area contributed by atoms with Crippen molar-refractivity contribution in [3.05, 3.63) is 21.4 Å². The second-order valence-corrected chi connectivity index (χ2v) is 7.06. The molecule has 1 aromatic rings. The van der Waals surface area contributed by atoms with E-state index < -0.39 is 10.0 Å². The third kappa shape index (κ3) is 2.59. The van der Waals surface area contributed by atoms with Crippen molar-refractivity contribution in [1.82, 2.24) is 4.72 Å². The summed E-state index contributed by atoms with van der Waals surface area (Å²) in [6.07, 6.45) is 3.58. The molecular formula is C10H15NO2S2. The molecule has 0 unspecified atom stereocenters. The van der Waals surface area contributed by atoms with Crippen molar-refractivity contribution < 1.29 is 8.42 Å². The Balaban J connectivity index is 2.00. The topological polar surface area (TPSA) is 46.2 Å². The van der Waals surface area contributed by atoms with E-state index in [1.54, 1.807) is 18.3 Å². The molecule has 1 aliphatic rings. The SMILES string of the molecule is CCS(=O)(=O)NCc1cc2c(s1)CCC2. The highest BCUT2D eigenvalue weighted by molar-refractivity contribution is 7.89. The van der Waals surface area contributed by atoms with Crippen molar-refractivity contribution in [2.75, 3.05) is 5.75 Å². The summed E-state index contributed by atoms with van der Waals surface area (Å²) in [7, 11) is -3.05. The Labute approximate surface area is 94.6 Å². The van der Waals surface area contributed by atoms with E-state index >= 15 is 0 Å². The molecule has 0 aromatic carbocycles. The minimum atomic E-state index is -3.05. The summed E-state index contributed by atoms with van der Waals surface area (Å²) >= 11 is 1.75. The van der Waals surface area contributed by atoms with Crippen LogP contribution < -0.4 is 4.72 Å². The first-order valence-electron chi connectivity index (χ1n) is 5.18. The summed E-state index contributed by atoms with van der Waals surface area (Å²) in [6, 6.07) is 2.14. The predicted molar refractivity (Wildman–Crippen MR) is 62.6 cm³/mol. The molecule has 0 bridgehead atoms. The Hall–Kier alpha value is -0.390. The molecule has 15 heavy (non-hydrogen) atoms. The van der Waals surface area contributed by atoms with Gasteiger partial charge < -0.3 is 0 Å². The third-order valence-electron chi connectivity index (χ3n) is 2.64. The maximum atomic E-state index is 11.2. The molecule has 84 valence electrons. The Morgan fingerprint density at radius 3 is 2.93 bits per heavy atom. The molecule has 1 aliphatic carbocycles. The van der Waals surface area contributed by atoms with Gasteiger partial charge in [-0.2, -0.15) is 0 Å². The van der Waals surface area contributed by atoms with E-state index in [1.807, 2.05) is 0 Å². The van der Waals surface area contributed by atoms with Crippen LogP contribution in [0.1, 0.15) is 28.7 Å². The van der Waals surface area contributed by atoms with E-state index in [9.17, 15) is 8.42 Å². The summed E-state index contributed by atoms with van der Waals surface area (Å²) < 4.78 is 25.1. The van der Waals surface area contributed by atoms with Gasteiger partial charge in [-0.15, -0.1) is 11.3 Å². The molecule has 0 spiro atoms. The van der Waals surface area contributed by atoms with Gasteiger partial charge in [-0.1, -0.05) is 0 Å². The van der Waals surface area contributed by atoms with Crippen molar-refractivity contribution in [2.45, 2.75) is 32.7 Å². The van der Waals surface area contributed by atoms with Crippen molar-refractivity contribution >= 4 is 21.4 Å². The maximum absolute atomic E-state index is 11.2. The van der Waals surface area contributed by atoms with Crippen LogP contribution in [0.2, 0.25) is 0 Å². The van der Waals surface area contributed by atoms with Crippen molar-refractivity contribution in [3.63, 3.8) is 0 Å². The van der Waals surface area contributed by atoms with Crippen LogP contribution in [0.25, 0.3) is 0 Å². The van der Waals surface area contributed by atoms with Gasteiger partial charge in [0.05, 0.1) is 5.75 Å². The Morgan fingerprint density at radius 1 is 1.47 bits per heavy atom. The van der Waals surface area contributed by atoms with Crippen LogP contribution in [0.3, 0.4) is 0 Å². The predicted octanol–water partition coefficient (Wildman–Crippen LogP) is 1.68. The number of rotatable bonds is 4. The number of sulfonamides is 1. The second-order valence-electron chi connectivity index (χ2n) is 3.74. The fourth-order valence-corrected chi connectivity index (χ4v) is 3.63. The first-order valence-corrected chi connectivity index (χ1v) is 7.65. The number of aryl methyl sites for hydroxylation is 2. The highest BCUT2D eigenvalue weighted by Crippen LogP contribution is 2.30. The first-order chi connectivity index (χ1) is 7.11. The maximum Gasteiger partial charge on any atom is 0.211 e. The Morgan fingerprint density at radius 2 is 2.27 bits per heavy atom. The van der Waals surface area contributed by atoms with Gasteiger partial charge in [-0.05, 0) is 37.8 Å². The summed E-state index contributed by atoms with van der Waals surface area (Å²) in [5.41, 5.74) is 1.42. The van der Waals surface area contributed by atoms with Gasteiger partial charge in [0.2, 0.25) is 10.0 Å². The summed E-state index contributed by atoms with van der Waals surface area (Å²) in [5, 5.41) is 0. The second kappa shape index (κ2) is 4.23. The molecule has 2 rings (SSSR count). The molecule has 0 fully saturated rings. The lowest BCUT2D eigenvalue weighted by atomic mass is 10.2. The van der Waals surface area contributed by atoms with Crippen LogP contribution in [0.5, 0.6) is 0 Å². The summed E-state index contributed by atoms with van der Waals surface area (Å²) in [6.45, 7) is 2.10. The minimum Gasteiger partial charge on any atom is -0.212 e. The van der Waals surface area contributed by atoms with E-state index in [2.05, 4.69) is 10.8 Å². The van der Waals surface area contributed by atoms with Crippen molar-refractivity contribution in [2.24, 2.45) is 0 Å². The minimum absolute atomic E-state index is 0.151. The Kier molecular flexibility index (Phi) is 3.13. The van der Waals surface area contributed by atoms with E-state index in [0.717, 1.165) is 11.3 Å². The highest BCUT2D eigenvalue weighted by atomic mass is 32.2. The third-order valence-corrected chi connectivity index (χ3v) is 5.23. The monoisotopic (exact) mass is 245 g/mol. The number of fused-ring (bicyclic) bond motifs is 1. The lowest BCUT2D eigenvalue weighted by Gasteiger charge is -2.01. The van der Waals surface area contributed by atoms with E-state index in [-0.39, 0.29) is 5.75 Å². The molecule has 3 nitrogen and oxygen atoms in total. The fourth-order valence-electron chi connectivity index (χ4n) is 1.76. The van der Waals surface area contributed by atoms with Crippen molar-refractivity contribution in [1.29, 1.82) is 0 Å². The molecular weight excluding hydrogens is 230 g/mol. The van der Waals surface area contributed by atoms with E-state index in [0.29, 0.717) is 6.54 Å². The number of nitrogens with one attached hydrogen (secondary N) is 1. The zero-order valence-corrected chi connectivity index (χ0v) is 10.4. The molecule has 1 aromatic heterocycles. The summed E-state index contributed by atoms with van der Waals surface area (Å²) in [5.74, 6) is 0.151. The van der Waals surface area contributed by atoms with Gasteiger partial charge in [0.15, 0.2) is 0 Å². The zero-order valence-electron chi connectivity index (χ0n) is 8.75. The average molecular weight is 245 g/mol. The fraction of sp³-hybridized carbons (Fsp3) is 0.600. The van der Waals surface area contributed by atoms with Crippen LogP contribution in [0.4, 0.5) is 0 Å². The molecule has 0 saturated heterocycles.